The molecule has 4 nitrogen and oxygen atoms in total. The van der Waals surface area contributed by atoms with E-state index in [0.29, 0.717) is 19.8 Å². The molecule has 0 aromatic heterocycles. The minimum Gasteiger partial charge on any atom is -0.389 e. The van der Waals surface area contributed by atoms with E-state index >= 15 is 0 Å². The summed E-state index contributed by atoms with van der Waals surface area (Å²) in [5.41, 5.74) is 1.62. The van der Waals surface area contributed by atoms with Gasteiger partial charge in [0.2, 0.25) is 0 Å². The number of nitrogens with one attached hydrogen (secondary N) is 1. The van der Waals surface area contributed by atoms with E-state index in [4.69, 9.17) is 9.47 Å². The van der Waals surface area contributed by atoms with E-state index in [-0.39, 0.29) is 12.4 Å². The molecule has 0 spiro atoms. The topological polar surface area (TPSA) is 50.7 Å². The van der Waals surface area contributed by atoms with Gasteiger partial charge in [0.25, 0.3) is 0 Å². The molecular weight excluding hydrogens is 237 g/mol. The fourth-order valence-electron chi connectivity index (χ4n) is 1.47. The number of aliphatic hydroxyl groups excluding tert-OH is 1. The van der Waals surface area contributed by atoms with Gasteiger partial charge in [-0.1, -0.05) is 0 Å². The number of hydrogen-bond donors (Lipinski definition) is 2. The SMILES string of the molecule is COCCOCC(O)CNc1ccc(F)cc1C. The molecular formula is C13H20FNO3. The van der Waals surface area contributed by atoms with Crippen molar-refractivity contribution in [1.82, 2.24) is 0 Å². The summed E-state index contributed by atoms with van der Waals surface area (Å²) in [4.78, 5) is 0. The highest BCUT2D eigenvalue weighted by atomic mass is 19.1. The van der Waals surface area contributed by atoms with Crippen molar-refractivity contribution in [2.24, 2.45) is 0 Å². The second-order valence-corrected chi connectivity index (χ2v) is 4.06. The molecule has 0 saturated heterocycles. The number of aliphatic hydroxyl groups is 1. The first-order valence-electron chi connectivity index (χ1n) is 5.88. The third kappa shape index (κ3) is 5.44. The van der Waals surface area contributed by atoms with Gasteiger partial charge in [-0.05, 0) is 30.7 Å². The highest BCUT2D eigenvalue weighted by Crippen LogP contribution is 2.15. The standard InChI is InChI=1S/C13H20FNO3/c1-10-7-11(14)3-4-13(10)15-8-12(16)9-18-6-5-17-2/h3-4,7,12,15-16H,5-6,8-9H2,1-2H3. The van der Waals surface area contributed by atoms with Crippen molar-refractivity contribution in [3.63, 3.8) is 0 Å². The van der Waals surface area contributed by atoms with E-state index in [1.54, 1.807) is 13.2 Å². The Kier molecular flexibility index (Phi) is 6.64. The zero-order valence-electron chi connectivity index (χ0n) is 10.8. The molecule has 0 heterocycles. The number of anilines is 1. The molecule has 0 aliphatic rings. The molecule has 0 aliphatic carbocycles. The van der Waals surface area contributed by atoms with Gasteiger partial charge in [0.05, 0.1) is 25.9 Å². The van der Waals surface area contributed by atoms with Crippen LogP contribution in [0.25, 0.3) is 0 Å². The van der Waals surface area contributed by atoms with E-state index in [0.717, 1.165) is 11.3 Å². The first kappa shape index (κ1) is 14.9. The Morgan fingerprint density at radius 3 is 2.83 bits per heavy atom. The molecule has 1 unspecified atom stereocenters. The van der Waals surface area contributed by atoms with Crippen LogP contribution in [0.1, 0.15) is 5.56 Å². The Morgan fingerprint density at radius 2 is 2.17 bits per heavy atom. The minimum atomic E-state index is -0.605. The van der Waals surface area contributed by atoms with Crippen LogP contribution in [0.2, 0.25) is 0 Å². The molecule has 5 heteroatoms. The fourth-order valence-corrected chi connectivity index (χ4v) is 1.47. The van der Waals surface area contributed by atoms with E-state index in [2.05, 4.69) is 5.32 Å². The average molecular weight is 257 g/mol. The second-order valence-electron chi connectivity index (χ2n) is 4.06. The van der Waals surface area contributed by atoms with Crippen molar-refractivity contribution in [2.45, 2.75) is 13.0 Å². The Bertz CT molecular complexity index is 360. The quantitative estimate of drug-likeness (QED) is 0.694. The highest BCUT2D eigenvalue weighted by molar-refractivity contribution is 5.50. The summed E-state index contributed by atoms with van der Waals surface area (Å²) in [5.74, 6) is -0.263. The molecule has 0 radical (unpaired) electrons. The lowest BCUT2D eigenvalue weighted by molar-refractivity contribution is 0.0182. The van der Waals surface area contributed by atoms with Crippen LogP contribution in [-0.4, -0.2) is 44.7 Å². The van der Waals surface area contributed by atoms with Crippen LogP contribution in [0.5, 0.6) is 0 Å². The van der Waals surface area contributed by atoms with Crippen LogP contribution in [-0.2, 0) is 9.47 Å². The molecule has 102 valence electrons. The lowest BCUT2D eigenvalue weighted by Gasteiger charge is -2.14. The number of ether oxygens (including phenoxy) is 2. The molecule has 1 aromatic rings. The van der Waals surface area contributed by atoms with Gasteiger partial charge in [-0.25, -0.2) is 4.39 Å². The fraction of sp³-hybridized carbons (Fsp3) is 0.538. The monoisotopic (exact) mass is 257 g/mol. The van der Waals surface area contributed by atoms with E-state index < -0.39 is 6.10 Å². The Balaban J connectivity index is 2.27. The van der Waals surface area contributed by atoms with Gasteiger partial charge in [0, 0.05) is 19.3 Å². The van der Waals surface area contributed by atoms with Crippen LogP contribution < -0.4 is 5.32 Å². The van der Waals surface area contributed by atoms with E-state index in [1.807, 2.05) is 6.92 Å². The van der Waals surface area contributed by atoms with Gasteiger partial charge >= 0.3 is 0 Å². The van der Waals surface area contributed by atoms with Crippen molar-refractivity contribution in [3.05, 3.63) is 29.6 Å². The van der Waals surface area contributed by atoms with Crippen LogP contribution >= 0.6 is 0 Å². The first-order valence-corrected chi connectivity index (χ1v) is 5.88. The lowest BCUT2D eigenvalue weighted by atomic mass is 10.2. The Labute approximate surface area is 107 Å². The maximum atomic E-state index is 12.9. The zero-order valence-corrected chi connectivity index (χ0v) is 10.8. The summed E-state index contributed by atoms with van der Waals surface area (Å²) >= 11 is 0. The highest BCUT2D eigenvalue weighted by Gasteiger charge is 2.05. The van der Waals surface area contributed by atoms with Crippen LogP contribution in [0.15, 0.2) is 18.2 Å². The number of aryl methyl sites for hydroxylation is 1. The summed E-state index contributed by atoms with van der Waals surface area (Å²) in [6, 6.07) is 4.49. The summed E-state index contributed by atoms with van der Waals surface area (Å²) in [6.45, 7) is 3.39. The molecule has 18 heavy (non-hydrogen) atoms. The van der Waals surface area contributed by atoms with Crippen LogP contribution in [0, 0.1) is 12.7 Å². The molecule has 2 N–H and O–H groups in total. The first-order chi connectivity index (χ1) is 8.63. The van der Waals surface area contributed by atoms with Gasteiger partial charge in [0.15, 0.2) is 0 Å². The van der Waals surface area contributed by atoms with Crippen molar-refractivity contribution in [1.29, 1.82) is 0 Å². The number of benzene rings is 1. The van der Waals surface area contributed by atoms with Crippen LogP contribution in [0.3, 0.4) is 0 Å². The smallest absolute Gasteiger partial charge is 0.123 e. The Hall–Kier alpha value is -1.17. The summed E-state index contributed by atoms with van der Waals surface area (Å²) in [6.07, 6.45) is -0.605. The molecule has 1 aromatic carbocycles. The average Bonchev–Trinajstić information content (AvgIpc) is 2.33. The number of hydrogen-bond acceptors (Lipinski definition) is 4. The van der Waals surface area contributed by atoms with Gasteiger partial charge < -0.3 is 19.9 Å². The molecule has 0 aliphatic heterocycles. The van der Waals surface area contributed by atoms with Crippen molar-refractivity contribution in [2.75, 3.05) is 38.8 Å². The molecule has 0 bridgehead atoms. The van der Waals surface area contributed by atoms with E-state index in [1.165, 1.54) is 12.1 Å². The molecule has 1 rings (SSSR count). The van der Waals surface area contributed by atoms with E-state index in [9.17, 15) is 9.50 Å². The van der Waals surface area contributed by atoms with Gasteiger partial charge in [0.1, 0.15) is 5.82 Å². The molecule has 0 saturated carbocycles. The maximum Gasteiger partial charge on any atom is 0.123 e. The van der Waals surface area contributed by atoms with Crippen molar-refractivity contribution < 1.29 is 19.0 Å². The second kappa shape index (κ2) is 8.02. The molecule has 1 atom stereocenters. The van der Waals surface area contributed by atoms with Crippen molar-refractivity contribution in [3.8, 4) is 0 Å². The lowest BCUT2D eigenvalue weighted by Crippen LogP contribution is -2.25. The Morgan fingerprint density at radius 1 is 1.39 bits per heavy atom. The third-order valence-corrected chi connectivity index (χ3v) is 2.46. The predicted octanol–water partition coefficient (Wildman–Crippen LogP) is 1.57. The van der Waals surface area contributed by atoms with Crippen LogP contribution in [0.4, 0.5) is 10.1 Å². The summed E-state index contributed by atoms with van der Waals surface area (Å²) < 4.78 is 22.9. The third-order valence-electron chi connectivity index (χ3n) is 2.46. The largest absolute Gasteiger partial charge is 0.389 e. The zero-order chi connectivity index (χ0) is 13.4. The predicted molar refractivity (Wildman–Crippen MR) is 68.3 cm³/mol. The van der Waals surface area contributed by atoms with Gasteiger partial charge in [-0.3, -0.25) is 0 Å². The number of halogens is 1. The normalized spacial score (nSPS) is 12.4. The molecule has 0 fully saturated rings. The summed E-state index contributed by atoms with van der Waals surface area (Å²) in [5, 5.41) is 12.7. The summed E-state index contributed by atoms with van der Waals surface area (Å²) in [7, 11) is 1.60. The van der Waals surface area contributed by atoms with Gasteiger partial charge in [-0.2, -0.15) is 0 Å². The minimum absolute atomic E-state index is 0.247. The van der Waals surface area contributed by atoms with Gasteiger partial charge in [-0.15, -0.1) is 0 Å². The molecule has 0 amide bonds. The number of methoxy groups -OCH3 is 1. The maximum absolute atomic E-state index is 12.9. The van der Waals surface area contributed by atoms with Crippen molar-refractivity contribution >= 4 is 5.69 Å². The number of rotatable bonds is 8.